The van der Waals surface area contributed by atoms with E-state index in [4.69, 9.17) is 0 Å². The van der Waals surface area contributed by atoms with Crippen molar-refractivity contribution in [2.45, 2.75) is 46.5 Å². The van der Waals surface area contributed by atoms with Crippen molar-refractivity contribution in [2.24, 2.45) is 11.8 Å². The number of hydrogen-bond acceptors (Lipinski definition) is 2. The van der Waals surface area contributed by atoms with Crippen LogP contribution in [0.2, 0.25) is 0 Å². The summed E-state index contributed by atoms with van der Waals surface area (Å²) >= 11 is 0. The molecule has 21 heavy (non-hydrogen) atoms. The third kappa shape index (κ3) is 4.31. The summed E-state index contributed by atoms with van der Waals surface area (Å²) in [5.74, 6) is 1.30. The number of hydrogen-bond donors (Lipinski definition) is 2. The smallest absolute Gasteiger partial charge is 0.224 e. The Morgan fingerprint density at radius 1 is 1.38 bits per heavy atom. The molecule has 0 spiro atoms. The molecule has 1 aromatic rings. The number of carbonyl (C=O) groups is 1. The van der Waals surface area contributed by atoms with Gasteiger partial charge in [0.05, 0.1) is 0 Å². The van der Waals surface area contributed by atoms with E-state index < -0.39 is 0 Å². The molecule has 1 aliphatic rings. The molecule has 1 heterocycles. The van der Waals surface area contributed by atoms with Crippen molar-refractivity contribution in [2.75, 3.05) is 18.4 Å². The maximum atomic E-state index is 12.4. The minimum Gasteiger partial charge on any atom is -0.326 e. The lowest BCUT2D eigenvalue weighted by Crippen LogP contribution is -2.32. The largest absolute Gasteiger partial charge is 0.326 e. The summed E-state index contributed by atoms with van der Waals surface area (Å²) < 4.78 is 0. The lowest BCUT2D eigenvalue weighted by molar-refractivity contribution is -0.117. The van der Waals surface area contributed by atoms with Gasteiger partial charge in [-0.3, -0.25) is 4.79 Å². The van der Waals surface area contributed by atoms with Crippen LogP contribution in [0, 0.1) is 18.8 Å². The van der Waals surface area contributed by atoms with Crippen LogP contribution in [-0.4, -0.2) is 19.0 Å². The summed E-state index contributed by atoms with van der Waals surface area (Å²) in [5, 5.41) is 6.53. The Labute approximate surface area is 128 Å². The first-order valence-electron chi connectivity index (χ1n) is 8.20. The van der Waals surface area contributed by atoms with Crippen molar-refractivity contribution in [3.8, 4) is 0 Å². The predicted octanol–water partition coefficient (Wildman–Crippen LogP) is 3.52. The molecule has 0 radical (unpaired) electrons. The molecule has 2 N–H and O–H groups in total. The number of anilines is 1. The molecule has 1 saturated heterocycles. The Morgan fingerprint density at radius 3 is 2.76 bits per heavy atom. The normalized spacial score (nSPS) is 17.5. The van der Waals surface area contributed by atoms with Crippen LogP contribution in [0.1, 0.15) is 44.2 Å². The fourth-order valence-corrected chi connectivity index (χ4v) is 3.26. The van der Waals surface area contributed by atoms with E-state index in [1.807, 2.05) is 0 Å². The summed E-state index contributed by atoms with van der Waals surface area (Å²) in [5.41, 5.74) is 3.39. The van der Waals surface area contributed by atoms with Crippen molar-refractivity contribution in [1.29, 1.82) is 0 Å². The van der Waals surface area contributed by atoms with E-state index in [1.54, 1.807) is 0 Å². The molecule has 2 rings (SSSR count). The van der Waals surface area contributed by atoms with E-state index in [9.17, 15) is 4.79 Å². The van der Waals surface area contributed by atoms with Crippen LogP contribution in [0.25, 0.3) is 0 Å². The molecule has 1 fully saturated rings. The number of amides is 1. The van der Waals surface area contributed by atoms with Crippen molar-refractivity contribution in [3.05, 3.63) is 29.3 Å². The highest BCUT2D eigenvalue weighted by Gasteiger charge is 2.22. The van der Waals surface area contributed by atoms with E-state index in [0.29, 0.717) is 18.3 Å². The highest BCUT2D eigenvalue weighted by atomic mass is 16.1. The van der Waals surface area contributed by atoms with Gasteiger partial charge in [0.2, 0.25) is 5.91 Å². The Kier molecular flexibility index (Phi) is 5.80. The molecule has 1 aliphatic heterocycles. The average molecular weight is 288 g/mol. The van der Waals surface area contributed by atoms with E-state index in [2.05, 4.69) is 49.6 Å². The van der Waals surface area contributed by atoms with Crippen LogP contribution in [0.4, 0.5) is 5.69 Å². The summed E-state index contributed by atoms with van der Waals surface area (Å²) in [6.45, 7) is 8.59. The highest BCUT2D eigenvalue weighted by molar-refractivity contribution is 5.92. The van der Waals surface area contributed by atoms with E-state index in [1.165, 1.54) is 18.4 Å². The quantitative estimate of drug-likeness (QED) is 0.870. The molecule has 0 bridgehead atoms. The fraction of sp³-hybridized carbons (Fsp3) is 0.611. The van der Waals surface area contributed by atoms with Gasteiger partial charge in [0.25, 0.3) is 0 Å². The molecular formula is C18H28N2O. The van der Waals surface area contributed by atoms with E-state index in [-0.39, 0.29) is 5.91 Å². The zero-order chi connectivity index (χ0) is 15.2. The second kappa shape index (κ2) is 7.60. The minimum absolute atomic E-state index is 0.157. The number of rotatable bonds is 5. The van der Waals surface area contributed by atoms with Crippen molar-refractivity contribution in [3.63, 3.8) is 0 Å². The van der Waals surface area contributed by atoms with Crippen LogP contribution < -0.4 is 10.6 Å². The van der Waals surface area contributed by atoms with Gasteiger partial charge >= 0.3 is 0 Å². The second-order valence-corrected chi connectivity index (χ2v) is 6.28. The molecule has 1 unspecified atom stereocenters. The average Bonchev–Trinajstić information content (AvgIpc) is 2.50. The number of nitrogens with one attached hydrogen (secondary N) is 2. The molecule has 3 heteroatoms. The van der Waals surface area contributed by atoms with Gasteiger partial charge in [-0.05, 0) is 62.2 Å². The zero-order valence-corrected chi connectivity index (χ0v) is 13.5. The first kappa shape index (κ1) is 16.0. The molecule has 0 saturated carbocycles. The standard InChI is InChI=1S/C18H28N2O/c1-4-15-7-5-6-13(2)18(15)20-17(21)12-14(3)16-8-10-19-11-9-16/h5-7,14,16,19H,4,8-12H2,1-3H3,(H,20,21). The van der Waals surface area contributed by atoms with Gasteiger partial charge in [-0.2, -0.15) is 0 Å². The summed E-state index contributed by atoms with van der Waals surface area (Å²) in [6, 6.07) is 6.21. The lowest BCUT2D eigenvalue weighted by atomic mass is 9.84. The van der Waals surface area contributed by atoms with E-state index in [0.717, 1.165) is 30.8 Å². The molecule has 1 atom stereocenters. The molecule has 116 valence electrons. The van der Waals surface area contributed by atoms with Gasteiger partial charge in [-0.25, -0.2) is 0 Å². The Morgan fingerprint density at radius 2 is 2.10 bits per heavy atom. The predicted molar refractivity (Wildman–Crippen MR) is 88.6 cm³/mol. The lowest BCUT2D eigenvalue weighted by Gasteiger charge is -2.28. The van der Waals surface area contributed by atoms with Gasteiger partial charge in [0.1, 0.15) is 0 Å². The monoisotopic (exact) mass is 288 g/mol. The third-order valence-corrected chi connectivity index (χ3v) is 4.70. The number of carbonyl (C=O) groups excluding carboxylic acids is 1. The molecule has 1 aromatic carbocycles. The van der Waals surface area contributed by atoms with Gasteiger partial charge < -0.3 is 10.6 Å². The van der Waals surface area contributed by atoms with Gasteiger partial charge in [-0.1, -0.05) is 32.0 Å². The Balaban J connectivity index is 1.95. The summed E-state index contributed by atoms with van der Waals surface area (Å²) in [4.78, 5) is 12.4. The highest BCUT2D eigenvalue weighted by Crippen LogP contribution is 2.26. The molecule has 0 aromatic heterocycles. The summed E-state index contributed by atoms with van der Waals surface area (Å²) in [6.07, 6.45) is 3.96. The first-order valence-corrected chi connectivity index (χ1v) is 8.20. The Hall–Kier alpha value is -1.35. The number of aryl methyl sites for hydroxylation is 2. The van der Waals surface area contributed by atoms with Crippen molar-refractivity contribution >= 4 is 11.6 Å². The van der Waals surface area contributed by atoms with Gasteiger partial charge in [-0.15, -0.1) is 0 Å². The minimum atomic E-state index is 0.157. The van der Waals surface area contributed by atoms with Crippen molar-refractivity contribution in [1.82, 2.24) is 5.32 Å². The second-order valence-electron chi connectivity index (χ2n) is 6.28. The third-order valence-electron chi connectivity index (χ3n) is 4.70. The van der Waals surface area contributed by atoms with Crippen LogP contribution >= 0.6 is 0 Å². The van der Waals surface area contributed by atoms with Crippen molar-refractivity contribution < 1.29 is 4.79 Å². The Bertz CT molecular complexity index is 478. The maximum Gasteiger partial charge on any atom is 0.224 e. The molecule has 0 aliphatic carbocycles. The molecule has 1 amide bonds. The van der Waals surface area contributed by atoms with Crippen LogP contribution in [0.5, 0.6) is 0 Å². The fourth-order valence-electron chi connectivity index (χ4n) is 3.26. The SMILES string of the molecule is CCc1cccc(C)c1NC(=O)CC(C)C1CCNCC1. The van der Waals surface area contributed by atoms with E-state index >= 15 is 0 Å². The summed E-state index contributed by atoms with van der Waals surface area (Å²) in [7, 11) is 0. The molecular weight excluding hydrogens is 260 g/mol. The molecule has 3 nitrogen and oxygen atoms in total. The van der Waals surface area contributed by atoms with Crippen LogP contribution in [0.15, 0.2) is 18.2 Å². The van der Waals surface area contributed by atoms with Crippen LogP contribution in [-0.2, 0) is 11.2 Å². The zero-order valence-electron chi connectivity index (χ0n) is 13.5. The topological polar surface area (TPSA) is 41.1 Å². The van der Waals surface area contributed by atoms with Crippen LogP contribution in [0.3, 0.4) is 0 Å². The first-order chi connectivity index (χ1) is 10.1. The number of para-hydroxylation sites is 1. The van der Waals surface area contributed by atoms with Gasteiger partial charge in [0.15, 0.2) is 0 Å². The number of benzene rings is 1. The number of piperidine rings is 1. The maximum absolute atomic E-state index is 12.4. The van der Waals surface area contributed by atoms with Gasteiger partial charge in [0, 0.05) is 12.1 Å².